The molecule has 0 saturated heterocycles. The number of pyridine rings is 1. The van der Waals surface area contributed by atoms with Gasteiger partial charge in [-0.05, 0) is 65.6 Å². The number of phenolic OH excluding ortho intramolecular Hbond substituents is 1. The van der Waals surface area contributed by atoms with E-state index in [1.165, 1.54) is 34.4 Å². The molecular weight excluding hydrogens is 472 g/mol. The number of fused-ring (bicyclic) bond motifs is 2. The summed E-state index contributed by atoms with van der Waals surface area (Å²) in [5, 5.41) is 40.0. The monoisotopic (exact) mass is 504 g/mol. The van der Waals surface area contributed by atoms with E-state index in [-0.39, 0.29) is 23.7 Å². The lowest BCUT2D eigenvalue weighted by molar-refractivity contribution is -0.140. The molecule has 1 aliphatic carbocycles. The number of carbonyl (C=O) groups is 1. The van der Waals surface area contributed by atoms with Crippen molar-refractivity contribution in [3.05, 3.63) is 74.6 Å². The van der Waals surface area contributed by atoms with Crippen LogP contribution in [-0.4, -0.2) is 50.6 Å². The van der Waals surface area contributed by atoms with Crippen molar-refractivity contribution in [3.8, 4) is 5.75 Å². The third-order valence-electron chi connectivity index (χ3n) is 6.22. The van der Waals surface area contributed by atoms with E-state index >= 15 is 0 Å². The zero-order valence-corrected chi connectivity index (χ0v) is 20.7. The third-order valence-corrected chi connectivity index (χ3v) is 6.22. The lowest BCUT2D eigenvalue weighted by Gasteiger charge is -2.18. The van der Waals surface area contributed by atoms with Crippen molar-refractivity contribution in [1.29, 1.82) is 0 Å². The minimum Gasteiger partial charge on any atom is -0.506 e. The van der Waals surface area contributed by atoms with Gasteiger partial charge in [0.05, 0.1) is 11.6 Å². The van der Waals surface area contributed by atoms with Crippen LogP contribution in [-0.2, 0) is 30.5 Å². The number of carboxylic acids is 1. The Labute approximate surface area is 210 Å². The van der Waals surface area contributed by atoms with Gasteiger partial charge >= 0.3 is 5.97 Å². The Morgan fingerprint density at radius 3 is 2.17 bits per heavy atom. The van der Waals surface area contributed by atoms with E-state index in [2.05, 4.69) is 36.3 Å². The minimum absolute atomic E-state index is 0. The molecule has 1 aromatic heterocycles. The second-order valence-electron chi connectivity index (χ2n) is 8.46. The van der Waals surface area contributed by atoms with Crippen molar-refractivity contribution in [1.82, 2.24) is 10.3 Å². The lowest BCUT2D eigenvalue weighted by Crippen LogP contribution is -2.33. The number of aliphatic carboxylic acids is 1. The fourth-order valence-electron chi connectivity index (χ4n) is 4.51. The van der Waals surface area contributed by atoms with Crippen LogP contribution in [0.1, 0.15) is 47.8 Å². The topological polar surface area (TPSA) is 143 Å². The molecule has 0 fully saturated rings. The molecule has 9 heteroatoms. The van der Waals surface area contributed by atoms with Crippen LogP contribution in [0.25, 0.3) is 10.9 Å². The summed E-state index contributed by atoms with van der Waals surface area (Å²) in [4.78, 5) is 23.3. The molecule has 8 nitrogen and oxygen atoms in total. The van der Waals surface area contributed by atoms with Gasteiger partial charge in [0.1, 0.15) is 12.4 Å². The van der Waals surface area contributed by atoms with Crippen LogP contribution in [0, 0.1) is 0 Å². The number of aliphatic hydroxyl groups excluding tert-OH is 2. The van der Waals surface area contributed by atoms with Gasteiger partial charge in [0.25, 0.3) is 0 Å². The maximum atomic E-state index is 11.6. The van der Waals surface area contributed by atoms with Gasteiger partial charge in [-0.1, -0.05) is 32.0 Å². The fraction of sp³-hybridized carbons (Fsp3) is 0.385. The Balaban J connectivity index is 0.000000656. The molecule has 4 rings (SSSR count). The summed E-state index contributed by atoms with van der Waals surface area (Å²) in [6.45, 7) is 4.05. The number of aromatic hydroxyl groups is 1. The Morgan fingerprint density at radius 1 is 1.09 bits per heavy atom. The molecule has 0 aliphatic heterocycles. The summed E-state index contributed by atoms with van der Waals surface area (Å²) >= 11 is 0. The molecule has 0 bridgehead atoms. The molecular formula is C26H33ClN2O6. The summed E-state index contributed by atoms with van der Waals surface area (Å²) in [5.41, 5.74) is 6.49. The van der Waals surface area contributed by atoms with E-state index in [0.29, 0.717) is 29.1 Å². The zero-order valence-electron chi connectivity index (χ0n) is 19.9. The molecule has 3 aromatic rings. The molecule has 0 spiro atoms. The van der Waals surface area contributed by atoms with E-state index < -0.39 is 18.7 Å². The average Bonchev–Trinajstić information content (AvgIpc) is 3.24. The van der Waals surface area contributed by atoms with Gasteiger partial charge in [-0.25, -0.2) is 4.79 Å². The SMILES string of the molecule is CCc1cc2c(cc1CC)CC(NC[C@H](O)c1ccc(O)c3[nH]c(=O)ccc13)C2.Cl.O=C(O)CO. The van der Waals surface area contributed by atoms with Crippen LogP contribution in [0.3, 0.4) is 0 Å². The van der Waals surface area contributed by atoms with Crippen molar-refractivity contribution in [2.75, 3.05) is 13.2 Å². The van der Waals surface area contributed by atoms with Crippen molar-refractivity contribution >= 4 is 29.3 Å². The summed E-state index contributed by atoms with van der Waals surface area (Å²) < 4.78 is 0. The predicted octanol–water partition coefficient (Wildman–Crippen LogP) is 2.63. The molecule has 6 N–H and O–H groups in total. The number of H-pyrrole nitrogens is 1. The molecule has 0 unspecified atom stereocenters. The number of phenols is 1. The summed E-state index contributed by atoms with van der Waals surface area (Å²) in [5.74, 6) is -1.18. The number of benzene rings is 2. The molecule has 1 heterocycles. The molecule has 35 heavy (non-hydrogen) atoms. The number of carboxylic acid groups (broad SMARTS) is 1. The summed E-state index contributed by atoms with van der Waals surface area (Å²) in [6.07, 6.45) is 3.34. The first kappa shape index (κ1) is 28.3. The highest BCUT2D eigenvalue weighted by Crippen LogP contribution is 2.30. The number of halogens is 1. The number of nitrogens with one attached hydrogen (secondary N) is 2. The zero-order chi connectivity index (χ0) is 24.8. The molecule has 0 radical (unpaired) electrons. The first-order valence-electron chi connectivity index (χ1n) is 11.5. The van der Waals surface area contributed by atoms with Crippen LogP contribution < -0.4 is 10.9 Å². The number of aromatic nitrogens is 1. The highest BCUT2D eigenvalue weighted by Gasteiger charge is 2.24. The van der Waals surface area contributed by atoms with Gasteiger partial charge < -0.3 is 30.7 Å². The Morgan fingerprint density at radius 2 is 1.66 bits per heavy atom. The quantitative estimate of drug-likeness (QED) is 0.290. The Hall–Kier alpha value is -2.91. The fourth-order valence-corrected chi connectivity index (χ4v) is 4.51. The van der Waals surface area contributed by atoms with Crippen LogP contribution >= 0.6 is 12.4 Å². The van der Waals surface area contributed by atoms with Gasteiger partial charge in [0.2, 0.25) is 5.56 Å². The van der Waals surface area contributed by atoms with Crippen molar-refractivity contribution < 1.29 is 25.2 Å². The van der Waals surface area contributed by atoms with Crippen LogP contribution in [0.4, 0.5) is 0 Å². The highest BCUT2D eigenvalue weighted by molar-refractivity contribution is 5.87. The number of hydrogen-bond donors (Lipinski definition) is 6. The number of hydrogen-bond acceptors (Lipinski definition) is 6. The largest absolute Gasteiger partial charge is 0.506 e. The van der Waals surface area contributed by atoms with Gasteiger partial charge in [-0.3, -0.25) is 4.79 Å². The van der Waals surface area contributed by atoms with Gasteiger partial charge in [0, 0.05) is 24.0 Å². The summed E-state index contributed by atoms with van der Waals surface area (Å²) in [6, 6.07) is 11.3. The molecule has 1 aliphatic rings. The Bertz CT molecular complexity index is 1190. The van der Waals surface area contributed by atoms with Crippen molar-refractivity contribution in [2.24, 2.45) is 0 Å². The first-order chi connectivity index (χ1) is 16.3. The Kier molecular flexibility index (Phi) is 10.3. The van der Waals surface area contributed by atoms with E-state index in [9.17, 15) is 15.0 Å². The van der Waals surface area contributed by atoms with Gasteiger partial charge in [-0.15, -0.1) is 12.4 Å². The lowest BCUT2D eigenvalue weighted by atomic mass is 9.97. The van der Waals surface area contributed by atoms with Crippen LogP contribution in [0.5, 0.6) is 5.75 Å². The van der Waals surface area contributed by atoms with Gasteiger partial charge in [-0.2, -0.15) is 0 Å². The molecule has 1 atom stereocenters. The highest BCUT2D eigenvalue weighted by atomic mass is 35.5. The maximum absolute atomic E-state index is 11.6. The predicted molar refractivity (Wildman–Crippen MR) is 138 cm³/mol. The van der Waals surface area contributed by atoms with E-state index in [1.807, 2.05) is 0 Å². The third kappa shape index (κ3) is 6.82. The summed E-state index contributed by atoms with van der Waals surface area (Å²) in [7, 11) is 0. The smallest absolute Gasteiger partial charge is 0.329 e. The molecule has 0 amide bonds. The van der Waals surface area contributed by atoms with Crippen molar-refractivity contribution in [3.63, 3.8) is 0 Å². The molecule has 0 saturated carbocycles. The van der Waals surface area contributed by atoms with Crippen LogP contribution in [0.2, 0.25) is 0 Å². The average molecular weight is 505 g/mol. The number of aromatic amines is 1. The normalized spacial score (nSPS) is 13.5. The minimum atomic E-state index is -1.19. The molecule has 190 valence electrons. The second kappa shape index (κ2) is 12.7. The van der Waals surface area contributed by atoms with Gasteiger partial charge in [0.15, 0.2) is 0 Å². The first-order valence-corrected chi connectivity index (χ1v) is 11.5. The number of rotatable bonds is 7. The van der Waals surface area contributed by atoms with E-state index in [1.54, 1.807) is 12.1 Å². The van der Waals surface area contributed by atoms with Crippen molar-refractivity contribution in [2.45, 2.75) is 51.7 Å². The number of aliphatic hydroxyl groups is 2. The van der Waals surface area contributed by atoms with E-state index in [0.717, 1.165) is 25.7 Å². The number of aryl methyl sites for hydroxylation is 2. The molecule has 2 aromatic carbocycles. The van der Waals surface area contributed by atoms with Crippen LogP contribution in [0.15, 0.2) is 41.2 Å². The second-order valence-corrected chi connectivity index (χ2v) is 8.46. The standard InChI is InChI=1S/C24H28N2O3.C2H4O3.ClH/c1-3-14-9-16-11-18(12-17(16)10-15(14)4-2)25-13-22(28)19-5-7-21(27)24-20(19)6-8-23(29)26-24;3-1-2(4)5;/h5-10,18,22,25,27-28H,3-4,11-13H2,1-2H3,(H,26,29);3H,1H2,(H,4,5);1H/t22-;;/m0../s1. The maximum Gasteiger partial charge on any atom is 0.329 e. The van der Waals surface area contributed by atoms with E-state index in [4.69, 9.17) is 15.0 Å².